The van der Waals surface area contributed by atoms with Crippen molar-refractivity contribution in [3.63, 3.8) is 0 Å². The van der Waals surface area contributed by atoms with E-state index < -0.39 is 10.0 Å². The van der Waals surface area contributed by atoms with Gasteiger partial charge in [-0.1, -0.05) is 42.1 Å². The summed E-state index contributed by atoms with van der Waals surface area (Å²) in [7, 11) is -3.65. The third-order valence-electron chi connectivity index (χ3n) is 4.72. The van der Waals surface area contributed by atoms with Gasteiger partial charge in [0.2, 0.25) is 10.0 Å². The topological polar surface area (TPSA) is 84.5 Å². The summed E-state index contributed by atoms with van der Waals surface area (Å²) in [5, 5.41) is 3.35. The van der Waals surface area contributed by atoms with Gasteiger partial charge in [0.15, 0.2) is 6.61 Å². The predicted molar refractivity (Wildman–Crippen MR) is 114 cm³/mol. The Kier molecular flexibility index (Phi) is 7.05. The van der Waals surface area contributed by atoms with Crippen LogP contribution in [0.3, 0.4) is 0 Å². The minimum absolute atomic E-state index is 0.0339. The molecule has 0 atom stereocenters. The van der Waals surface area contributed by atoms with Gasteiger partial charge in [-0.15, -0.1) is 0 Å². The van der Waals surface area contributed by atoms with Gasteiger partial charge >= 0.3 is 0 Å². The molecule has 29 heavy (non-hydrogen) atoms. The molecule has 0 aliphatic heterocycles. The van der Waals surface area contributed by atoms with E-state index in [1.165, 1.54) is 18.2 Å². The van der Waals surface area contributed by atoms with Crippen molar-refractivity contribution in [2.45, 2.75) is 43.5 Å². The van der Waals surface area contributed by atoms with Gasteiger partial charge in [-0.25, -0.2) is 13.1 Å². The van der Waals surface area contributed by atoms with Gasteiger partial charge in [0.1, 0.15) is 5.75 Å². The predicted octanol–water partition coefficient (Wildman–Crippen LogP) is 4.54. The maximum atomic E-state index is 12.5. The molecule has 1 aliphatic rings. The van der Waals surface area contributed by atoms with Gasteiger partial charge in [-0.3, -0.25) is 4.79 Å². The summed E-state index contributed by atoms with van der Waals surface area (Å²) in [6, 6.07) is 9.34. The molecule has 1 amide bonds. The minimum Gasteiger partial charge on any atom is -0.482 e. The van der Waals surface area contributed by atoms with Crippen LogP contribution in [0, 0.1) is 6.92 Å². The number of halogens is 2. The number of aryl methyl sites for hydroxylation is 1. The minimum atomic E-state index is -3.65. The molecule has 1 aliphatic carbocycles. The van der Waals surface area contributed by atoms with E-state index in [1.807, 2.05) is 6.92 Å². The molecule has 6 nitrogen and oxygen atoms in total. The van der Waals surface area contributed by atoms with E-state index in [-0.39, 0.29) is 34.2 Å². The van der Waals surface area contributed by atoms with Crippen molar-refractivity contribution in [2.75, 3.05) is 11.9 Å². The second-order valence-electron chi connectivity index (χ2n) is 6.99. The molecule has 0 bridgehead atoms. The van der Waals surface area contributed by atoms with Crippen LogP contribution < -0.4 is 14.8 Å². The number of nitrogens with one attached hydrogen (secondary N) is 2. The highest BCUT2D eigenvalue weighted by Gasteiger charge is 2.23. The van der Waals surface area contributed by atoms with Gasteiger partial charge in [0, 0.05) is 16.8 Å². The zero-order valence-corrected chi connectivity index (χ0v) is 18.2. The smallest absolute Gasteiger partial charge is 0.262 e. The average Bonchev–Trinajstić information content (AvgIpc) is 3.16. The highest BCUT2D eigenvalue weighted by Crippen LogP contribution is 2.28. The highest BCUT2D eigenvalue weighted by molar-refractivity contribution is 7.89. The Bertz CT molecular complexity index is 1010. The number of ether oxygens (including phenoxy) is 1. The molecular formula is C20H22Cl2N2O4S. The summed E-state index contributed by atoms with van der Waals surface area (Å²) in [6.45, 7) is 1.57. The normalized spacial score (nSPS) is 14.7. The summed E-state index contributed by atoms with van der Waals surface area (Å²) in [6.07, 6.45) is 3.74. The first kappa shape index (κ1) is 21.9. The lowest BCUT2D eigenvalue weighted by Gasteiger charge is -2.14. The number of amides is 1. The first-order valence-corrected chi connectivity index (χ1v) is 11.5. The van der Waals surface area contributed by atoms with E-state index in [4.69, 9.17) is 27.9 Å². The van der Waals surface area contributed by atoms with E-state index in [2.05, 4.69) is 10.0 Å². The van der Waals surface area contributed by atoms with Crippen molar-refractivity contribution < 1.29 is 17.9 Å². The molecule has 0 saturated heterocycles. The second kappa shape index (κ2) is 9.34. The number of rotatable bonds is 7. The Labute approximate surface area is 180 Å². The lowest BCUT2D eigenvalue weighted by Crippen LogP contribution is -2.32. The lowest BCUT2D eigenvalue weighted by atomic mass is 10.2. The van der Waals surface area contributed by atoms with E-state index in [0.29, 0.717) is 10.7 Å². The summed E-state index contributed by atoms with van der Waals surface area (Å²) in [4.78, 5) is 12.2. The molecule has 0 radical (unpaired) electrons. The fraction of sp³-hybridized carbons (Fsp3) is 0.350. The van der Waals surface area contributed by atoms with Crippen molar-refractivity contribution in [3.8, 4) is 5.75 Å². The zero-order valence-electron chi connectivity index (χ0n) is 15.9. The van der Waals surface area contributed by atoms with Gasteiger partial charge < -0.3 is 10.1 Å². The Morgan fingerprint density at radius 3 is 2.55 bits per heavy atom. The highest BCUT2D eigenvalue weighted by atomic mass is 35.5. The van der Waals surface area contributed by atoms with Crippen LogP contribution in [-0.4, -0.2) is 27.0 Å². The standard InChI is InChI=1S/C20H22Cl2N2O4S/c1-13-6-7-14(21)10-18(13)23-20(25)12-28-19-9-8-16(11-17(19)22)29(26,27)24-15-4-2-3-5-15/h6-11,15,24H,2-5,12H2,1H3,(H,23,25). The van der Waals surface area contributed by atoms with Crippen LogP contribution in [0.25, 0.3) is 0 Å². The van der Waals surface area contributed by atoms with Crippen molar-refractivity contribution >= 4 is 44.8 Å². The maximum absolute atomic E-state index is 12.5. The quantitative estimate of drug-likeness (QED) is 0.640. The molecule has 0 unspecified atom stereocenters. The number of hydrogen-bond acceptors (Lipinski definition) is 4. The molecule has 0 spiro atoms. The summed E-state index contributed by atoms with van der Waals surface area (Å²) in [5.74, 6) is -0.157. The summed E-state index contributed by atoms with van der Waals surface area (Å²) >= 11 is 12.1. The molecule has 9 heteroatoms. The van der Waals surface area contributed by atoms with Crippen molar-refractivity contribution in [1.82, 2.24) is 4.72 Å². The Balaban J connectivity index is 1.61. The third kappa shape index (κ3) is 5.85. The SMILES string of the molecule is Cc1ccc(Cl)cc1NC(=O)COc1ccc(S(=O)(=O)NC2CCCC2)cc1Cl. The molecule has 2 aromatic rings. The third-order valence-corrected chi connectivity index (χ3v) is 6.77. The second-order valence-corrected chi connectivity index (χ2v) is 9.55. The van der Waals surface area contributed by atoms with Crippen LogP contribution >= 0.6 is 23.2 Å². The summed E-state index contributed by atoms with van der Waals surface area (Å²) in [5.41, 5.74) is 1.46. The van der Waals surface area contributed by atoms with E-state index in [1.54, 1.807) is 18.2 Å². The first-order chi connectivity index (χ1) is 13.7. The van der Waals surface area contributed by atoms with Crippen LogP contribution in [0.15, 0.2) is 41.3 Å². The van der Waals surface area contributed by atoms with E-state index in [9.17, 15) is 13.2 Å². The van der Waals surface area contributed by atoms with Gasteiger partial charge in [-0.05, 0) is 55.7 Å². The largest absolute Gasteiger partial charge is 0.482 e. The Morgan fingerprint density at radius 1 is 1.14 bits per heavy atom. The zero-order chi connectivity index (χ0) is 21.0. The summed E-state index contributed by atoms with van der Waals surface area (Å²) < 4.78 is 33.1. The number of sulfonamides is 1. The molecule has 3 rings (SSSR count). The molecule has 1 saturated carbocycles. The molecular weight excluding hydrogens is 435 g/mol. The van der Waals surface area contributed by atoms with Crippen LogP contribution in [0.2, 0.25) is 10.0 Å². The Morgan fingerprint density at radius 2 is 1.86 bits per heavy atom. The number of benzene rings is 2. The van der Waals surface area contributed by atoms with E-state index in [0.717, 1.165) is 31.2 Å². The number of hydrogen-bond donors (Lipinski definition) is 2. The van der Waals surface area contributed by atoms with Gasteiger partial charge in [0.05, 0.1) is 9.92 Å². The monoisotopic (exact) mass is 456 g/mol. The first-order valence-electron chi connectivity index (χ1n) is 9.25. The molecule has 0 aromatic heterocycles. The van der Waals surface area contributed by atoms with Crippen molar-refractivity contribution in [3.05, 3.63) is 52.0 Å². The fourth-order valence-corrected chi connectivity index (χ4v) is 4.96. The molecule has 0 heterocycles. The maximum Gasteiger partial charge on any atom is 0.262 e. The van der Waals surface area contributed by atoms with Gasteiger partial charge in [0.25, 0.3) is 5.91 Å². The number of carbonyl (C=O) groups is 1. The Hall–Kier alpha value is -1.80. The average molecular weight is 457 g/mol. The van der Waals surface area contributed by atoms with Crippen LogP contribution in [0.4, 0.5) is 5.69 Å². The number of carbonyl (C=O) groups excluding carboxylic acids is 1. The van der Waals surface area contributed by atoms with Crippen LogP contribution in [0.5, 0.6) is 5.75 Å². The van der Waals surface area contributed by atoms with Gasteiger partial charge in [-0.2, -0.15) is 0 Å². The van der Waals surface area contributed by atoms with Crippen molar-refractivity contribution in [2.24, 2.45) is 0 Å². The molecule has 156 valence electrons. The van der Waals surface area contributed by atoms with Crippen LogP contribution in [0.1, 0.15) is 31.2 Å². The lowest BCUT2D eigenvalue weighted by molar-refractivity contribution is -0.118. The fourth-order valence-electron chi connectivity index (χ4n) is 3.16. The van der Waals surface area contributed by atoms with E-state index >= 15 is 0 Å². The molecule has 2 aromatic carbocycles. The van der Waals surface area contributed by atoms with Crippen molar-refractivity contribution in [1.29, 1.82) is 0 Å². The molecule has 1 fully saturated rings. The van der Waals surface area contributed by atoms with Crippen LogP contribution in [-0.2, 0) is 14.8 Å². The number of anilines is 1. The molecule has 2 N–H and O–H groups in total.